The van der Waals surface area contributed by atoms with Gasteiger partial charge in [0.05, 0.1) is 12.5 Å². The highest BCUT2D eigenvalue weighted by Gasteiger charge is 2.46. The number of benzene rings is 2. The summed E-state index contributed by atoms with van der Waals surface area (Å²) in [6.07, 6.45) is 9.72. The first-order valence-corrected chi connectivity index (χ1v) is 32.8. The summed E-state index contributed by atoms with van der Waals surface area (Å²) in [4.78, 5) is 177. The third-order valence-corrected chi connectivity index (χ3v) is 17.4. The van der Waals surface area contributed by atoms with Crippen molar-refractivity contribution in [2.75, 3.05) is 33.2 Å². The molecule has 0 radical (unpaired) electrons. The predicted octanol–water partition coefficient (Wildman–Crippen LogP) is 3.86. The van der Waals surface area contributed by atoms with E-state index >= 15 is 0 Å². The van der Waals surface area contributed by atoms with Gasteiger partial charge in [-0.05, 0) is 74.8 Å². The zero-order valence-corrected chi connectivity index (χ0v) is 55.8. The van der Waals surface area contributed by atoms with E-state index in [1.807, 2.05) is 26.8 Å². The van der Waals surface area contributed by atoms with Crippen molar-refractivity contribution >= 4 is 70.8 Å². The number of ether oxygens (including phenoxy) is 2. The number of hydrogen-bond acceptors (Lipinski definition) is 19. The Morgan fingerprint density at radius 3 is 2.22 bits per heavy atom. The Morgan fingerprint density at radius 1 is 0.806 bits per heavy atom. The Morgan fingerprint density at radius 2 is 1.52 bits per heavy atom. The van der Waals surface area contributed by atoms with Gasteiger partial charge >= 0.3 is 11.9 Å². The van der Waals surface area contributed by atoms with E-state index in [4.69, 9.17) is 13.9 Å². The number of hydrogen-bond donors (Lipinski definition) is 6. The highest BCUT2D eigenvalue weighted by Crippen LogP contribution is 2.29. The molecule has 27 nitrogen and oxygen atoms in total. The molecule has 5 aliphatic rings. The number of aromatic nitrogens is 2. The molecule has 2 bridgehead atoms. The molecule has 9 rings (SSSR count). The molecule has 0 spiro atoms. The SMILES string of the molecule is CC1=CC(O)CC(=O)Cc2nc(co2)C(=O)N2CCC=C2C(=O)O[C@H](C(C)C)[C@H](C)C=CC(=O)NCC=C1.CC[C@H]1NC(=O)[C@@H](NC(=O)c2ncccc2O)[C@@H](C)OC(=O)[C@H](c2ccccc2)NC(=O)[C@@H]2CC(=O)CCN2C(=O)C(Cc2ccccc2)N(C)C(=O)[C@@H]2CCCN2C1=O. The molecule has 8 amide bonds. The zero-order chi connectivity index (χ0) is 70.9. The van der Waals surface area contributed by atoms with Gasteiger partial charge in [0.25, 0.3) is 11.8 Å². The van der Waals surface area contributed by atoms with E-state index in [9.17, 15) is 67.7 Å². The van der Waals surface area contributed by atoms with Gasteiger partial charge in [0.15, 0.2) is 17.4 Å². The summed E-state index contributed by atoms with van der Waals surface area (Å²) < 4.78 is 17.0. The Bertz CT molecular complexity index is 3750. The molecule has 2 aromatic heterocycles. The smallest absolute Gasteiger partial charge is 0.355 e. The summed E-state index contributed by atoms with van der Waals surface area (Å²) >= 11 is 0. The van der Waals surface area contributed by atoms with Gasteiger partial charge < -0.3 is 65.0 Å². The number of carbonyl (C=O) groups excluding carboxylic acids is 12. The summed E-state index contributed by atoms with van der Waals surface area (Å²) in [6.45, 7) is 11.0. The number of likely N-dealkylation sites (N-methyl/N-ethyl adjacent to an activating group) is 1. The first kappa shape index (κ1) is 73.4. The van der Waals surface area contributed by atoms with Crippen LogP contribution in [0.25, 0.3) is 0 Å². The van der Waals surface area contributed by atoms with Crippen molar-refractivity contribution in [2.24, 2.45) is 11.8 Å². The van der Waals surface area contributed by atoms with Crippen molar-refractivity contribution in [1.82, 2.24) is 50.8 Å². The number of allylic oxidation sites excluding steroid dienone is 2. The summed E-state index contributed by atoms with van der Waals surface area (Å²) in [5.74, 6) is -8.36. The highest BCUT2D eigenvalue weighted by atomic mass is 16.6. The number of cyclic esters (lactones) is 2. The number of aromatic hydroxyl groups is 1. The summed E-state index contributed by atoms with van der Waals surface area (Å²) in [6, 6.07) is 11.7. The number of nitrogens with one attached hydrogen (secondary N) is 4. The van der Waals surface area contributed by atoms with Crippen molar-refractivity contribution in [3.63, 3.8) is 0 Å². The molecule has 4 aromatic rings. The van der Waals surface area contributed by atoms with Gasteiger partial charge in [-0.25, -0.2) is 19.6 Å². The third kappa shape index (κ3) is 18.8. The number of aliphatic hydroxyl groups is 1. The van der Waals surface area contributed by atoms with Crippen molar-refractivity contribution in [3.8, 4) is 5.75 Å². The maximum absolute atomic E-state index is 14.8. The fraction of sp³-hybridized carbons (Fsp3) is 0.437. The zero-order valence-electron chi connectivity index (χ0n) is 55.8. The number of rotatable bonds is 7. The van der Waals surface area contributed by atoms with Gasteiger partial charge in [-0.3, -0.25) is 47.9 Å². The van der Waals surface area contributed by atoms with Gasteiger partial charge in [-0.1, -0.05) is 124 Å². The van der Waals surface area contributed by atoms with Crippen LogP contribution < -0.4 is 21.3 Å². The van der Waals surface area contributed by atoms with Crippen LogP contribution in [0.5, 0.6) is 5.75 Å². The predicted molar refractivity (Wildman–Crippen MR) is 352 cm³/mol. The topological polar surface area (TPSA) is 364 Å². The standard InChI is InChI=1S/C43H49N7O10.C28H35N3O7/c1-4-29-40(56)49-21-12-17-30(49)41(57)48(3)32(23-26-13-7-5-8-14-26)42(58)50-22-19-28(51)24-31(50)37(53)47-35(27-15-9-6-10-16-27)43(59)60-25(2)34(38(54)45-29)46-39(55)36-33(52)18-11-20-44-36;1-17(2)26-19(4)9-10-24(34)29-11-5-7-18(3)13-20(32)14-21(33)15-25-30-22(16-37-25)27(35)31-12-6-8-23(31)28(36)38-26/h5-11,13-16,18,20,25,29-32,34-35,52H,4,12,17,19,21-24H2,1-3H3,(H,45,54)(H,46,55)(H,47,53);5,7-10,13,16-17,19-20,26,32H,6,11-12,14-15H2,1-4H3,(H,29,34)/t25-,29-,30+,31+,32?,34+,35+;19-,20?,26-/m11/s1. The van der Waals surface area contributed by atoms with Crippen LogP contribution in [-0.2, 0) is 70.3 Å². The van der Waals surface area contributed by atoms with Crippen molar-refractivity contribution < 1.29 is 81.6 Å². The minimum atomic E-state index is -1.68. The number of carbonyl (C=O) groups is 12. The number of oxazole rings is 1. The van der Waals surface area contributed by atoms with E-state index in [1.54, 1.807) is 98.8 Å². The first-order valence-electron chi connectivity index (χ1n) is 32.8. The van der Waals surface area contributed by atoms with E-state index in [0.29, 0.717) is 12.8 Å². The number of fused-ring (bicyclic) bond motifs is 5. The van der Waals surface area contributed by atoms with E-state index in [-0.39, 0.29) is 123 Å². The number of ketones is 2. The van der Waals surface area contributed by atoms with Crippen LogP contribution in [0.4, 0.5) is 0 Å². The minimum Gasteiger partial charge on any atom is -0.505 e. The van der Waals surface area contributed by atoms with Gasteiger partial charge in [0, 0.05) is 71.0 Å². The maximum Gasteiger partial charge on any atom is 0.355 e. The first-order chi connectivity index (χ1) is 46.8. The number of pyridine rings is 1. The Balaban J connectivity index is 0.000000277. The molecule has 5 aliphatic heterocycles. The molecular weight excluding hydrogens is 1260 g/mol. The number of aliphatic hydroxyl groups excluding tert-OH is 1. The normalized spacial score (nSPS) is 25.5. The van der Waals surface area contributed by atoms with Crippen LogP contribution in [0.2, 0.25) is 0 Å². The van der Waals surface area contributed by atoms with Crippen LogP contribution in [0.1, 0.15) is 131 Å². The van der Waals surface area contributed by atoms with E-state index < -0.39 is 119 Å². The van der Waals surface area contributed by atoms with Crippen molar-refractivity contribution in [1.29, 1.82) is 0 Å². The molecule has 2 unspecified atom stereocenters. The summed E-state index contributed by atoms with van der Waals surface area (Å²) in [5, 5.41) is 31.2. The number of amides is 8. The molecule has 520 valence electrons. The van der Waals surface area contributed by atoms with Crippen molar-refractivity contribution in [3.05, 3.63) is 161 Å². The number of Topliss-reactive ketones (excluding diaryl/α,β-unsaturated/α-hetero) is 2. The minimum absolute atomic E-state index is 0.0315. The Labute approximate surface area is 567 Å². The molecule has 27 heteroatoms. The molecule has 3 fully saturated rings. The van der Waals surface area contributed by atoms with E-state index in [0.717, 1.165) is 17.4 Å². The molecule has 3 saturated heterocycles. The van der Waals surface area contributed by atoms with Crippen molar-refractivity contribution in [2.45, 2.75) is 154 Å². The van der Waals surface area contributed by atoms with Gasteiger partial charge in [0.1, 0.15) is 71.7 Å². The number of esters is 2. The largest absolute Gasteiger partial charge is 0.505 e. The lowest BCUT2D eigenvalue weighted by molar-refractivity contribution is -0.157. The molecule has 7 heterocycles. The van der Waals surface area contributed by atoms with Gasteiger partial charge in [-0.2, -0.15) is 0 Å². The molecule has 0 saturated carbocycles. The van der Waals surface area contributed by atoms with Crippen LogP contribution in [0, 0.1) is 11.8 Å². The van der Waals surface area contributed by atoms with E-state index in [1.165, 1.54) is 58.0 Å². The highest BCUT2D eigenvalue weighted by molar-refractivity contribution is 6.02. The Kier molecular flexibility index (Phi) is 25.4. The van der Waals surface area contributed by atoms with Crippen LogP contribution in [0.3, 0.4) is 0 Å². The lowest BCUT2D eigenvalue weighted by atomic mass is 9.94. The molecule has 10 atom stereocenters. The van der Waals surface area contributed by atoms with Crippen LogP contribution in [-0.4, -0.2) is 192 Å². The van der Waals surface area contributed by atoms with Crippen LogP contribution >= 0.6 is 0 Å². The fourth-order valence-electron chi connectivity index (χ4n) is 12.2. The Hall–Kier alpha value is -10.4. The molecule has 6 N–H and O–H groups in total. The van der Waals surface area contributed by atoms with Crippen LogP contribution in [0.15, 0.2) is 137 Å². The average molecular weight is 1350 g/mol. The third-order valence-electron chi connectivity index (χ3n) is 17.4. The lowest BCUT2D eigenvalue weighted by Crippen LogP contribution is -2.61. The maximum atomic E-state index is 14.8. The molecule has 98 heavy (non-hydrogen) atoms. The summed E-state index contributed by atoms with van der Waals surface area (Å²) in [7, 11) is 1.47. The van der Waals surface area contributed by atoms with E-state index in [2.05, 4.69) is 31.2 Å². The lowest BCUT2D eigenvalue weighted by Gasteiger charge is -2.40. The molecular formula is C71H84N10O17. The van der Waals surface area contributed by atoms with Gasteiger partial charge in [-0.15, -0.1) is 0 Å². The molecule has 2 aromatic carbocycles. The fourth-order valence-corrected chi connectivity index (χ4v) is 12.2. The number of nitrogens with zero attached hydrogens (tertiary/aromatic N) is 6. The second-order valence-electron chi connectivity index (χ2n) is 25.0. The monoisotopic (exact) mass is 1350 g/mol. The summed E-state index contributed by atoms with van der Waals surface area (Å²) in [5.41, 5.74) is 1.37. The quantitative estimate of drug-likeness (QED) is 0.143. The second kappa shape index (κ2) is 34.0. The average Bonchev–Trinajstić information content (AvgIpc) is 1.08. The molecule has 0 aliphatic carbocycles. The second-order valence-corrected chi connectivity index (χ2v) is 25.0. The van der Waals surface area contributed by atoms with Gasteiger partial charge in [0.2, 0.25) is 41.3 Å². The number of piperidine rings is 1.